The number of carbonyl (C=O) groups is 1. The molecule has 0 radical (unpaired) electrons. The lowest BCUT2D eigenvalue weighted by Crippen LogP contribution is -2.17. The number of carbonyl (C=O) groups excluding carboxylic acids is 1. The quantitative estimate of drug-likeness (QED) is 0.382. The first-order valence-corrected chi connectivity index (χ1v) is 9.56. The van der Waals surface area contributed by atoms with Crippen LogP contribution in [-0.2, 0) is 6.54 Å². The molecule has 0 aliphatic carbocycles. The maximum Gasteiger partial charge on any atom is 0.271 e. The molecule has 0 saturated carbocycles. The van der Waals surface area contributed by atoms with Crippen molar-refractivity contribution >= 4 is 23.7 Å². The van der Waals surface area contributed by atoms with E-state index in [1.165, 1.54) is 4.80 Å². The van der Waals surface area contributed by atoms with E-state index >= 15 is 0 Å². The van der Waals surface area contributed by atoms with E-state index in [4.69, 9.17) is 11.6 Å². The van der Waals surface area contributed by atoms with Crippen molar-refractivity contribution in [2.45, 2.75) is 6.54 Å². The Labute approximate surface area is 178 Å². The fourth-order valence-electron chi connectivity index (χ4n) is 2.72. The van der Waals surface area contributed by atoms with Gasteiger partial charge in [0.1, 0.15) is 0 Å². The number of hydrogen-bond acceptors (Lipinski definition) is 5. The molecule has 0 spiro atoms. The molecule has 4 rings (SSSR count). The molecule has 0 atom stereocenters. The Morgan fingerprint density at radius 1 is 1.00 bits per heavy atom. The molecule has 1 N–H and O–H groups in total. The van der Waals surface area contributed by atoms with Gasteiger partial charge in [0, 0.05) is 16.1 Å². The number of nitrogens with one attached hydrogen (secondary N) is 1. The molecule has 8 heteroatoms. The minimum atomic E-state index is -0.294. The van der Waals surface area contributed by atoms with Gasteiger partial charge in [-0.2, -0.15) is 9.90 Å². The van der Waals surface area contributed by atoms with Gasteiger partial charge in [-0.1, -0.05) is 66.2 Å². The lowest BCUT2D eigenvalue weighted by molar-refractivity contribution is 0.0955. The number of amides is 1. The molecule has 3 aromatic carbocycles. The summed E-state index contributed by atoms with van der Waals surface area (Å²) in [6.07, 6.45) is 1.56. The summed E-state index contributed by atoms with van der Waals surface area (Å²) in [5.74, 6) is 0.280. The van der Waals surface area contributed by atoms with E-state index in [1.807, 2.05) is 54.6 Å². The molecule has 0 fully saturated rings. The molecule has 0 aliphatic heterocycles. The third-order valence-electron chi connectivity index (χ3n) is 4.27. The van der Waals surface area contributed by atoms with Crippen molar-refractivity contribution in [3.05, 3.63) is 101 Å². The summed E-state index contributed by atoms with van der Waals surface area (Å²) in [5, 5.41) is 17.2. The van der Waals surface area contributed by atoms with Gasteiger partial charge in [0.15, 0.2) is 0 Å². The second-order valence-corrected chi connectivity index (χ2v) is 6.89. The second kappa shape index (κ2) is 9.11. The van der Waals surface area contributed by atoms with Crippen molar-refractivity contribution < 1.29 is 4.79 Å². The van der Waals surface area contributed by atoms with Crippen LogP contribution in [-0.4, -0.2) is 32.3 Å². The third kappa shape index (κ3) is 4.95. The number of hydrogen-bond donors (Lipinski definition) is 1. The van der Waals surface area contributed by atoms with Gasteiger partial charge in [-0.15, -0.1) is 10.2 Å². The Morgan fingerprint density at radius 3 is 2.47 bits per heavy atom. The van der Waals surface area contributed by atoms with Crippen LogP contribution in [0, 0.1) is 0 Å². The van der Waals surface area contributed by atoms with Crippen molar-refractivity contribution in [2.75, 3.05) is 0 Å². The highest BCUT2D eigenvalue weighted by Crippen LogP contribution is 2.13. The average Bonchev–Trinajstić information content (AvgIpc) is 3.25. The van der Waals surface area contributed by atoms with Crippen LogP contribution in [0.4, 0.5) is 0 Å². The summed E-state index contributed by atoms with van der Waals surface area (Å²) in [4.78, 5) is 13.8. The largest absolute Gasteiger partial charge is 0.271 e. The van der Waals surface area contributed by atoms with E-state index in [0.717, 1.165) is 16.7 Å². The van der Waals surface area contributed by atoms with E-state index in [0.29, 0.717) is 23.0 Å². The summed E-state index contributed by atoms with van der Waals surface area (Å²) in [7, 11) is 0. The van der Waals surface area contributed by atoms with E-state index in [-0.39, 0.29) is 5.91 Å². The summed E-state index contributed by atoms with van der Waals surface area (Å²) < 4.78 is 0. The number of rotatable bonds is 6. The third-order valence-corrected chi connectivity index (χ3v) is 4.53. The van der Waals surface area contributed by atoms with Crippen LogP contribution in [0.5, 0.6) is 0 Å². The molecule has 0 unspecified atom stereocenters. The molecule has 1 amide bonds. The van der Waals surface area contributed by atoms with Gasteiger partial charge < -0.3 is 0 Å². The number of nitrogens with zero attached hydrogens (tertiary/aromatic N) is 5. The molecule has 1 aromatic heterocycles. The molecule has 7 nitrogen and oxygen atoms in total. The maximum absolute atomic E-state index is 12.2. The Balaban J connectivity index is 1.35. The van der Waals surface area contributed by atoms with Crippen molar-refractivity contribution in [1.82, 2.24) is 25.6 Å². The Morgan fingerprint density at radius 2 is 1.73 bits per heavy atom. The topological polar surface area (TPSA) is 85.1 Å². The lowest BCUT2D eigenvalue weighted by atomic mass is 10.1. The van der Waals surface area contributed by atoms with Gasteiger partial charge in [0.2, 0.25) is 5.82 Å². The van der Waals surface area contributed by atoms with Gasteiger partial charge in [0.25, 0.3) is 5.91 Å². The molecule has 1 heterocycles. The molecular weight excluding hydrogens is 400 g/mol. The Hall–Kier alpha value is -3.84. The number of halogens is 1. The fourth-order valence-corrected chi connectivity index (χ4v) is 2.84. The van der Waals surface area contributed by atoms with Gasteiger partial charge >= 0.3 is 0 Å². The zero-order valence-corrected chi connectivity index (χ0v) is 16.6. The number of benzene rings is 3. The first-order valence-electron chi connectivity index (χ1n) is 9.18. The SMILES string of the molecule is O=C(N/N=C/c1ccc(Cl)cc1)c1ccc(Cn2nnc(-c3ccccc3)n2)cc1. The van der Waals surface area contributed by atoms with Crippen LogP contribution >= 0.6 is 11.6 Å². The molecule has 0 aliphatic rings. The van der Waals surface area contributed by atoms with Crippen LogP contribution in [0.3, 0.4) is 0 Å². The minimum Gasteiger partial charge on any atom is -0.267 e. The van der Waals surface area contributed by atoms with E-state index in [2.05, 4.69) is 25.9 Å². The van der Waals surface area contributed by atoms with Gasteiger partial charge in [-0.25, -0.2) is 5.43 Å². The molecule has 0 bridgehead atoms. The van der Waals surface area contributed by atoms with Gasteiger partial charge in [-0.05, 0) is 40.6 Å². The zero-order chi connectivity index (χ0) is 20.8. The first-order chi connectivity index (χ1) is 14.7. The average molecular weight is 417 g/mol. The van der Waals surface area contributed by atoms with Crippen molar-refractivity contribution in [3.8, 4) is 11.4 Å². The summed E-state index contributed by atoms with van der Waals surface area (Å²) in [5.41, 5.74) is 5.72. The molecule has 0 saturated heterocycles. The minimum absolute atomic E-state index is 0.294. The molecule has 148 valence electrons. The van der Waals surface area contributed by atoms with Crippen LogP contribution in [0.15, 0.2) is 84.0 Å². The molecular formula is C22H17ClN6O. The zero-order valence-electron chi connectivity index (χ0n) is 15.8. The number of aromatic nitrogens is 4. The predicted octanol–water partition coefficient (Wildman–Crippen LogP) is 3.81. The second-order valence-electron chi connectivity index (χ2n) is 6.46. The van der Waals surface area contributed by atoms with Crippen LogP contribution < -0.4 is 5.43 Å². The van der Waals surface area contributed by atoms with Crippen LogP contribution in [0.2, 0.25) is 5.02 Å². The van der Waals surface area contributed by atoms with Gasteiger partial charge in [0.05, 0.1) is 12.8 Å². The standard InChI is InChI=1S/C22H17ClN6O/c23-20-12-8-16(9-13-20)14-24-26-22(30)19-10-6-17(7-11-19)15-29-27-21(25-28-29)18-4-2-1-3-5-18/h1-14H,15H2,(H,26,30)/b24-14+. The fraction of sp³-hybridized carbons (Fsp3) is 0.0455. The number of hydrazone groups is 1. The monoisotopic (exact) mass is 416 g/mol. The van der Waals surface area contributed by atoms with Crippen molar-refractivity contribution in [2.24, 2.45) is 5.10 Å². The summed E-state index contributed by atoms with van der Waals surface area (Å²) in [6.45, 7) is 0.455. The molecule has 4 aromatic rings. The maximum atomic E-state index is 12.2. The highest BCUT2D eigenvalue weighted by Gasteiger charge is 2.07. The number of tetrazole rings is 1. The normalized spacial score (nSPS) is 11.0. The highest BCUT2D eigenvalue weighted by molar-refractivity contribution is 6.30. The molecule has 30 heavy (non-hydrogen) atoms. The van der Waals surface area contributed by atoms with E-state index in [1.54, 1.807) is 30.5 Å². The summed E-state index contributed by atoms with van der Waals surface area (Å²) in [6, 6.07) is 24.0. The Kier molecular flexibility index (Phi) is 5.91. The van der Waals surface area contributed by atoms with E-state index in [9.17, 15) is 4.79 Å². The van der Waals surface area contributed by atoms with Crippen molar-refractivity contribution in [3.63, 3.8) is 0 Å². The van der Waals surface area contributed by atoms with Crippen LogP contribution in [0.1, 0.15) is 21.5 Å². The smallest absolute Gasteiger partial charge is 0.267 e. The van der Waals surface area contributed by atoms with Crippen molar-refractivity contribution in [1.29, 1.82) is 0 Å². The lowest BCUT2D eigenvalue weighted by Gasteiger charge is -2.03. The summed E-state index contributed by atoms with van der Waals surface area (Å²) >= 11 is 5.84. The highest BCUT2D eigenvalue weighted by atomic mass is 35.5. The van der Waals surface area contributed by atoms with E-state index < -0.39 is 0 Å². The Bertz CT molecular complexity index is 1150. The van der Waals surface area contributed by atoms with Crippen LogP contribution in [0.25, 0.3) is 11.4 Å². The predicted molar refractivity (Wildman–Crippen MR) is 115 cm³/mol. The first kappa shape index (κ1) is 19.5. The van der Waals surface area contributed by atoms with Gasteiger partial charge in [-0.3, -0.25) is 4.79 Å².